The summed E-state index contributed by atoms with van der Waals surface area (Å²) in [5.74, 6) is -0.733. The van der Waals surface area contributed by atoms with Crippen LogP contribution in [-0.4, -0.2) is 23.1 Å². The van der Waals surface area contributed by atoms with Gasteiger partial charge in [-0.2, -0.15) is 0 Å². The van der Waals surface area contributed by atoms with Crippen molar-refractivity contribution in [3.63, 3.8) is 0 Å². The van der Waals surface area contributed by atoms with E-state index >= 15 is 0 Å². The van der Waals surface area contributed by atoms with Crippen LogP contribution in [0.1, 0.15) is 5.56 Å². The van der Waals surface area contributed by atoms with Crippen molar-refractivity contribution in [2.24, 2.45) is 5.14 Å². The molecule has 2 aromatic rings. The zero-order valence-corrected chi connectivity index (χ0v) is 15.0. The van der Waals surface area contributed by atoms with Gasteiger partial charge in [0.25, 0.3) is 0 Å². The van der Waals surface area contributed by atoms with Gasteiger partial charge in [0.2, 0.25) is 20.0 Å². The van der Waals surface area contributed by atoms with Gasteiger partial charge < -0.3 is 0 Å². The van der Waals surface area contributed by atoms with Crippen LogP contribution in [0, 0.1) is 5.82 Å². The Hall–Kier alpha value is -1.46. The molecule has 3 N–H and O–H groups in total. The zero-order chi connectivity index (χ0) is 18.0. The van der Waals surface area contributed by atoms with Crippen molar-refractivity contribution < 1.29 is 21.2 Å². The van der Waals surface area contributed by atoms with E-state index < -0.39 is 32.4 Å². The fourth-order valence-corrected chi connectivity index (χ4v) is 4.67. The Balaban J connectivity index is 2.30. The monoisotopic (exact) mass is 390 g/mol. The summed E-state index contributed by atoms with van der Waals surface area (Å²) >= 11 is 1.26. The van der Waals surface area contributed by atoms with Crippen molar-refractivity contribution in [2.45, 2.75) is 21.2 Å². The number of nitrogens with one attached hydrogen (secondary N) is 1. The van der Waals surface area contributed by atoms with E-state index in [9.17, 15) is 21.2 Å². The number of sulfonamides is 2. The van der Waals surface area contributed by atoms with Crippen molar-refractivity contribution in [3.05, 3.63) is 53.8 Å². The van der Waals surface area contributed by atoms with Crippen LogP contribution in [0.4, 0.5) is 4.39 Å². The second kappa shape index (κ2) is 7.19. The first-order valence-corrected chi connectivity index (χ1v) is 10.8. The maximum Gasteiger partial charge on any atom is 0.241 e. The van der Waals surface area contributed by atoms with Crippen LogP contribution in [0.15, 0.2) is 57.2 Å². The number of primary sulfonamides is 1. The number of rotatable bonds is 6. The van der Waals surface area contributed by atoms with Crippen LogP contribution < -0.4 is 9.86 Å². The van der Waals surface area contributed by atoms with Gasteiger partial charge in [0, 0.05) is 17.0 Å². The summed E-state index contributed by atoms with van der Waals surface area (Å²) in [6, 6.07) is 9.34. The highest BCUT2D eigenvalue weighted by Crippen LogP contribution is 2.24. The second-order valence-electron chi connectivity index (χ2n) is 4.77. The minimum absolute atomic E-state index is 0.0699. The average molecular weight is 390 g/mol. The highest BCUT2D eigenvalue weighted by Gasteiger charge is 2.19. The maximum absolute atomic E-state index is 13.8. The van der Waals surface area contributed by atoms with Crippen LogP contribution in [0.5, 0.6) is 0 Å². The normalized spacial score (nSPS) is 12.3. The minimum Gasteiger partial charge on any atom is -0.225 e. The van der Waals surface area contributed by atoms with Gasteiger partial charge in [-0.3, -0.25) is 0 Å². The summed E-state index contributed by atoms with van der Waals surface area (Å²) in [6.07, 6.45) is 1.74. The van der Waals surface area contributed by atoms with E-state index in [0.29, 0.717) is 4.90 Å². The standard InChI is InChI=1S/C14H15FN2O4S3/c1-22-13-4-2-3-5-14(13)24(20,21)17-9-10-8-11(23(16,18)19)6-7-12(10)15/h2-8,17H,9H2,1H3,(H2,16,18,19). The summed E-state index contributed by atoms with van der Waals surface area (Å²) in [6.45, 7) is -0.403. The van der Waals surface area contributed by atoms with Gasteiger partial charge in [0.05, 0.1) is 9.79 Å². The summed E-state index contributed by atoms with van der Waals surface area (Å²) in [7, 11) is -7.89. The topological polar surface area (TPSA) is 106 Å². The first-order valence-electron chi connectivity index (χ1n) is 6.59. The Morgan fingerprint density at radius 2 is 1.79 bits per heavy atom. The molecule has 2 aromatic carbocycles. The Kier molecular flexibility index (Phi) is 5.66. The molecule has 0 atom stereocenters. The van der Waals surface area contributed by atoms with E-state index in [1.807, 2.05) is 0 Å². The number of nitrogens with two attached hydrogens (primary N) is 1. The van der Waals surface area contributed by atoms with E-state index in [2.05, 4.69) is 4.72 Å². The molecule has 0 aliphatic rings. The minimum atomic E-state index is -4.01. The molecule has 130 valence electrons. The second-order valence-corrected chi connectivity index (χ2v) is 8.92. The van der Waals surface area contributed by atoms with E-state index in [1.165, 1.54) is 17.8 Å². The molecule has 24 heavy (non-hydrogen) atoms. The lowest BCUT2D eigenvalue weighted by molar-refractivity contribution is 0.572. The van der Waals surface area contributed by atoms with Crippen LogP contribution in [0.25, 0.3) is 0 Å². The van der Waals surface area contributed by atoms with Gasteiger partial charge in [-0.1, -0.05) is 12.1 Å². The lowest BCUT2D eigenvalue weighted by Crippen LogP contribution is -2.24. The fraction of sp³-hybridized carbons (Fsp3) is 0.143. The SMILES string of the molecule is CSc1ccccc1S(=O)(=O)NCc1cc(S(N)(=O)=O)ccc1F. The van der Waals surface area contributed by atoms with Crippen molar-refractivity contribution in [1.29, 1.82) is 0 Å². The number of halogens is 1. The van der Waals surface area contributed by atoms with E-state index in [1.54, 1.807) is 24.5 Å². The Morgan fingerprint density at radius 1 is 1.12 bits per heavy atom. The van der Waals surface area contributed by atoms with E-state index in [-0.39, 0.29) is 15.4 Å². The molecule has 0 spiro atoms. The van der Waals surface area contributed by atoms with Crippen molar-refractivity contribution >= 4 is 31.8 Å². The third kappa shape index (κ3) is 4.33. The quantitative estimate of drug-likeness (QED) is 0.730. The smallest absolute Gasteiger partial charge is 0.225 e. The highest BCUT2D eigenvalue weighted by molar-refractivity contribution is 7.99. The van der Waals surface area contributed by atoms with Crippen LogP contribution in [0.2, 0.25) is 0 Å². The average Bonchev–Trinajstić information content (AvgIpc) is 2.53. The molecule has 0 saturated carbocycles. The molecule has 0 saturated heterocycles. The highest BCUT2D eigenvalue weighted by atomic mass is 32.2. The van der Waals surface area contributed by atoms with Crippen molar-refractivity contribution in [3.8, 4) is 0 Å². The molecule has 0 heterocycles. The van der Waals surface area contributed by atoms with Gasteiger partial charge in [-0.05, 0) is 36.6 Å². The molecular formula is C14H15FN2O4S3. The summed E-state index contributed by atoms with van der Waals surface area (Å²) < 4.78 is 63.5. The van der Waals surface area contributed by atoms with Crippen LogP contribution in [-0.2, 0) is 26.6 Å². The molecule has 10 heteroatoms. The summed E-state index contributed by atoms with van der Waals surface area (Å²) in [5, 5.41) is 4.99. The predicted molar refractivity (Wildman–Crippen MR) is 90.0 cm³/mol. The van der Waals surface area contributed by atoms with Crippen LogP contribution in [0.3, 0.4) is 0 Å². The maximum atomic E-state index is 13.8. The van der Waals surface area contributed by atoms with Gasteiger partial charge in [0.1, 0.15) is 5.82 Å². The molecule has 0 fully saturated rings. The number of benzene rings is 2. The molecule has 6 nitrogen and oxygen atoms in total. The zero-order valence-electron chi connectivity index (χ0n) is 12.6. The molecule has 0 aromatic heterocycles. The Bertz CT molecular complexity index is 960. The van der Waals surface area contributed by atoms with Gasteiger partial charge in [-0.15, -0.1) is 11.8 Å². The van der Waals surface area contributed by atoms with Gasteiger partial charge in [0.15, 0.2) is 0 Å². The molecule has 2 rings (SSSR count). The summed E-state index contributed by atoms with van der Waals surface area (Å²) in [4.78, 5) is 0.326. The van der Waals surface area contributed by atoms with E-state index in [4.69, 9.17) is 5.14 Å². The lowest BCUT2D eigenvalue weighted by atomic mass is 10.2. The summed E-state index contributed by atoms with van der Waals surface area (Å²) in [5.41, 5.74) is -0.119. The molecule has 0 bridgehead atoms. The molecule has 0 amide bonds. The fourth-order valence-electron chi connectivity index (χ4n) is 1.95. The molecule has 0 aliphatic carbocycles. The van der Waals surface area contributed by atoms with Crippen molar-refractivity contribution in [2.75, 3.05) is 6.26 Å². The Morgan fingerprint density at radius 3 is 2.42 bits per heavy atom. The molecular weight excluding hydrogens is 375 g/mol. The molecule has 0 unspecified atom stereocenters. The largest absolute Gasteiger partial charge is 0.241 e. The van der Waals surface area contributed by atoms with E-state index in [0.717, 1.165) is 18.2 Å². The first kappa shape index (κ1) is 18.9. The molecule has 0 aliphatic heterocycles. The lowest BCUT2D eigenvalue weighted by Gasteiger charge is -2.11. The number of hydrogen-bond donors (Lipinski definition) is 2. The van der Waals surface area contributed by atoms with Gasteiger partial charge in [-0.25, -0.2) is 31.1 Å². The van der Waals surface area contributed by atoms with Crippen LogP contribution >= 0.6 is 11.8 Å². The predicted octanol–water partition coefficient (Wildman–Crippen LogP) is 1.67. The first-order chi connectivity index (χ1) is 11.1. The third-order valence-electron chi connectivity index (χ3n) is 3.16. The third-order valence-corrected chi connectivity index (χ3v) is 6.45. The van der Waals surface area contributed by atoms with Crippen molar-refractivity contribution in [1.82, 2.24) is 4.72 Å². The number of hydrogen-bond acceptors (Lipinski definition) is 5. The Labute approximate surface area is 144 Å². The molecule has 0 radical (unpaired) electrons. The number of thioether (sulfide) groups is 1. The van der Waals surface area contributed by atoms with Gasteiger partial charge >= 0.3 is 0 Å².